The molecule has 4 rings (SSSR count). The zero-order valence-corrected chi connectivity index (χ0v) is 16.5. The largest absolute Gasteiger partial charge is 0.494 e. The first-order chi connectivity index (χ1) is 14.0. The van der Waals surface area contributed by atoms with Gasteiger partial charge in [-0.25, -0.2) is 4.98 Å². The van der Waals surface area contributed by atoms with Crippen molar-refractivity contribution in [1.82, 2.24) is 4.98 Å². The van der Waals surface area contributed by atoms with Crippen molar-refractivity contribution in [3.63, 3.8) is 0 Å². The quantitative estimate of drug-likeness (QED) is 0.497. The van der Waals surface area contributed by atoms with Crippen molar-refractivity contribution < 1.29 is 18.7 Å². The number of aromatic nitrogens is 1. The number of thiazole rings is 1. The average molecular weight is 407 g/mol. The van der Waals surface area contributed by atoms with Crippen LogP contribution in [0.4, 0.5) is 11.4 Å². The van der Waals surface area contributed by atoms with E-state index < -0.39 is 5.91 Å². The van der Waals surface area contributed by atoms with Gasteiger partial charge < -0.3 is 19.8 Å². The van der Waals surface area contributed by atoms with E-state index >= 15 is 0 Å². The van der Waals surface area contributed by atoms with Gasteiger partial charge in [0, 0.05) is 18.7 Å². The van der Waals surface area contributed by atoms with E-state index in [1.54, 1.807) is 30.3 Å². The van der Waals surface area contributed by atoms with Crippen LogP contribution < -0.4 is 15.4 Å². The molecule has 146 valence electrons. The first-order valence-electron chi connectivity index (χ1n) is 8.76. The average Bonchev–Trinajstić information content (AvgIpc) is 3.35. The minimum Gasteiger partial charge on any atom is -0.494 e. The smallest absolute Gasteiger partial charge is 0.291 e. The molecule has 0 unspecified atom stereocenters. The van der Waals surface area contributed by atoms with E-state index in [9.17, 15) is 9.59 Å². The Morgan fingerprint density at radius 1 is 1.07 bits per heavy atom. The lowest BCUT2D eigenvalue weighted by Gasteiger charge is -2.11. The number of hydrogen-bond acceptors (Lipinski definition) is 6. The van der Waals surface area contributed by atoms with Gasteiger partial charge in [0.25, 0.3) is 5.91 Å². The standard InChI is InChI=1S/C21H17N3O4S/c1-12(25)22-14-8-7-13(11-18(14)27-2)23-20(26)16-9-10-17(28-16)21-24-15-5-3-4-6-19(15)29-21/h3-11H,1-2H3,(H,22,25)(H,23,26). The van der Waals surface area contributed by atoms with E-state index in [1.165, 1.54) is 25.4 Å². The number of amides is 2. The van der Waals surface area contributed by atoms with Gasteiger partial charge in [0.2, 0.25) is 5.91 Å². The van der Waals surface area contributed by atoms with Crippen LogP contribution >= 0.6 is 11.3 Å². The molecule has 0 saturated heterocycles. The maximum Gasteiger partial charge on any atom is 0.291 e. The number of nitrogens with zero attached hydrogens (tertiary/aromatic N) is 1. The first-order valence-corrected chi connectivity index (χ1v) is 9.58. The number of nitrogens with one attached hydrogen (secondary N) is 2. The molecule has 2 amide bonds. The molecule has 0 aliphatic heterocycles. The van der Waals surface area contributed by atoms with Crippen LogP contribution in [0.5, 0.6) is 5.75 Å². The van der Waals surface area contributed by atoms with E-state index in [4.69, 9.17) is 9.15 Å². The van der Waals surface area contributed by atoms with Crippen LogP contribution in [0.1, 0.15) is 17.5 Å². The fraction of sp³-hybridized carbons (Fsp3) is 0.0952. The number of methoxy groups -OCH3 is 1. The van der Waals surface area contributed by atoms with E-state index in [0.29, 0.717) is 27.9 Å². The number of rotatable bonds is 5. The fourth-order valence-electron chi connectivity index (χ4n) is 2.81. The normalized spacial score (nSPS) is 10.7. The molecule has 2 heterocycles. The zero-order valence-electron chi connectivity index (χ0n) is 15.7. The Bertz CT molecular complexity index is 1180. The van der Waals surface area contributed by atoms with Crippen LogP contribution in [0.25, 0.3) is 21.0 Å². The molecular weight excluding hydrogens is 390 g/mol. The third-order valence-corrected chi connectivity index (χ3v) is 5.16. The van der Waals surface area contributed by atoms with E-state index in [2.05, 4.69) is 15.6 Å². The molecule has 0 atom stereocenters. The molecule has 0 aliphatic carbocycles. The number of ether oxygens (including phenoxy) is 1. The van der Waals surface area contributed by atoms with Gasteiger partial charge in [0.1, 0.15) is 5.75 Å². The predicted molar refractivity (Wildman–Crippen MR) is 113 cm³/mol. The second-order valence-corrected chi connectivity index (χ2v) is 7.23. The number of furan rings is 1. The molecule has 0 aliphatic rings. The number of carbonyl (C=O) groups excluding carboxylic acids is 2. The maximum absolute atomic E-state index is 12.6. The third-order valence-electron chi connectivity index (χ3n) is 4.10. The lowest BCUT2D eigenvalue weighted by atomic mass is 10.2. The van der Waals surface area contributed by atoms with Crippen molar-refractivity contribution in [1.29, 1.82) is 0 Å². The molecule has 0 radical (unpaired) electrons. The highest BCUT2D eigenvalue weighted by atomic mass is 32.1. The van der Waals surface area contributed by atoms with E-state index in [-0.39, 0.29) is 11.7 Å². The molecule has 0 bridgehead atoms. The maximum atomic E-state index is 12.6. The van der Waals surface area contributed by atoms with Gasteiger partial charge in [-0.3, -0.25) is 9.59 Å². The summed E-state index contributed by atoms with van der Waals surface area (Å²) in [6, 6.07) is 16.1. The van der Waals surface area contributed by atoms with Gasteiger partial charge in [0.15, 0.2) is 16.5 Å². The third kappa shape index (κ3) is 3.97. The first kappa shape index (κ1) is 18.7. The Kier molecular flexibility index (Phi) is 5.01. The topological polar surface area (TPSA) is 93.5 Å². The van der Waals surface area contributed by atoms with Gasteiger partial charge in [-0.2, -0.15) is 0 Å². The number of para-hydroxylation sites is 1. The number of anilines is 2. The van der Waals surface area contributed by atoms with E-state index in [0.717, 1.165) is 10.2 Å². The summed E-state index contributed by atoms with van der Waals surface area (Å²) >= 11 is 1.50. The lowest BCUT2D eigenvalue weighted by molar-refractivity contribution is -0.114. The summed E-state index contributed by atoms with van der Waals surface area (Å²) in [6.45, 7) is 1.41. The minimum atomic E-state index is -0.397. The Morgan fingerprint density at radius 3 is 2.66 bits per heavy atom. The summed E-state index contributed by atoms with van der Waals surface area (Å²) in [6.07, 6.45) is 0. The highest BCUT2D eigenvalue weighted by Gasteiger charge is 2.16. The summed E-state index contributed by atoms with van der Waals surface area (Å²) in [7, 11) is 1.49. The van der Waals surface area contributed by atoms with Crippen molar-refractivity contribution in [2.75, 3.05) is 17.7 Å². The van der Waals surface area contributed by atoms with Crippen LogP contribution in [-0.4, -0.2) is 23.9 Å². The van der Waals surface area contributed by atoms with Crippen molar-refractivity contribution in [3.05, 3.63) is 60.4 Å². The Balaban J connectivity index is 1.53. The molecule has 29 heavy (non-hydrogen) atoms. The SMILES string of the molecule is COc1cc(NC(=O)c2ccc(-c3nc4ccccc4s3)o2)ccc1NC(C)=O. The fourth-order valence-corrected chi connectivity index (χ4v) is 3.73. The van der Waals surface area contributed by atoms with Gasteiger partial charge in [-0.15, -0.1) is 11.3 Å². The monoisotopic (exact) mass is 407 g/mol. The Hall–Kier alpha value is -3.65. The highest BCUT2D eigenvalue weighted by molar-refractivity contribution is 7.21. The van der Waals surface area contributed by atoms with Crippen LogP contribution in [0, 0.1) is 0 Å². The van der Waals surface area contributed by atoms with Gasteiger partial charge in [-0.05, 0) is 36.4 Å². The molecular formula is C21H17N3O4S. The summed E-state index contributed by atoms with van der Waals surface area (Å²) in [4.78, 5) is 28.4. The molecule has 0 fully saturated rings. The summed E-state index contributed by atoms with van der Waals surface area (Å²) in [5.74, 6) is 0.538. The van der Waals surface area contributed by atoms with Crippen LogP contribution in [-0.2, 0) is 4.79 Å². The molecule has 7 nitrogen and oxygen atoms in total. The van der Waals surface area contributed by atoms with Crippen LogP contribution in [0.3, 0.4) is 0 Å². The summed E-state index contributed by atoms with van der Waals surface area (Å²) in [5.41, 5.74) is 1.93. The van der Waals surface area contributed by atoms with Crippen molar-refractivity contribution >= 4 is 44.7 Å². The second kappa shape index (κ2) is 7.76. The lowest BCUT2D eigenvalue weighted by Crippen LogP contribution is -2.12. The van der Waals surface area contributed by atoms with Crippen molar-refractivity contribution in [2.24, 2.45) is 0 Å². The predicted octanol–water partition coefficient (Wildman–Crippen LogP) is 4.78. The zero-order chi connectivity index (χ0) is 20.4. The number of benzene rings is 2. The molecule has 8 heteroatoms. The highest BCUT2D eigenvalue weighted by Crippen LogP contribution is 2.32. The second-order valence-electron chi connectivity index (χ2n) is 6.20. The van der Waals surface area contributed by atoms with Crippen LogP contribution in [0.2, 0.25) is 0 Å². The Labute approximate surface area is 170 Å². The molecule has 2 aromatic heterocycles. The van der Waals surface area contributed by atoms with Gasteiger partial charge >= 0.3 is 0 Å². The van der Waals surface area contributed by atoms with Crippen LogP contribution in [0.15, 0.2) is 59.0 Å². The minimum absolute atomic E-state index is 0.171. The van der Waals surface area contributed by atoms with Gasteiger partial charge in [0.05, 0.1) is 23.0 Å². The molecule has 2 aromatic carbocycles. The van der Waals surface area contributed by atoms with Gasteiger partial charge in [-0.1, -0.05) is 12.1 Å². The summed E-state index contributed by atoms with van der Waals surface area (Å²) < 4.78 is 12.0. The number of hydrogen-bond donors (Lipinski definition) is 2. The number of carbonyl (C=O) groups is 2. The molecule has 0 saturated carbocycles. The molecule has 4 aromatic rings. The summed E-state index contributed by atoms with van der Waals surface area (Å²) in [5, 5.41) is 6.14. The van der Waals surface area contributed by atoms with Crippen molar-refractivity contribution in [3.8, 4) is 16.5 Å². The van der Waals surface area contributed by atoms with Crippen molar-refractivity contribution in [2.45, 2.75) is 6.92 Å². The Morgan fingerprint density at radius 2 is 1.90 bits per heavy atom. The van der Waals surface area contributed by atoms with E-state index in [1.807, 2.05) is 24.3 Å². The number of fused-ring (bicyclic) bond motifs is 1. The molecule has 0 spiro atoms. The molecule has 2 N–H and O–H groups in total.